The van der Waals surface area contributed by atoms with E-state index in [4.69, 9.17) is 0 Å². The fourth-order valence-corrected chi connectivity index (χ4v) is 3.10. The summed E-state index contributed by atoms with van der Waals surface area (Å²) in [6, 6.07) is 0. The Morgan fingerprint density at radius 2 is 1.69 bits per heavy atom. The molecule has 16 heavy (non-hydrogen) atoms. The molecule has 0 aromatic heterocycles. The number of nitrogens with one attached hydrogen (secondary N) is 1. The van der Waals surface area contributed by atoms with E-state index in [9.17, 15) is 0 Å². The van der Waals surface area contributed by atoms with Crippen LogP contribution in [0.15, 0.2) is 0 Å². The van der Waals surface area contributed by atoms with E-state index in [2.05, 4.69) is 33.0 Å². The predicted molar refractivity (Wildman–Crippen MR) is 72.6 cm³/mol. The van der Waals surface area contributed by atoms with Gasteiger partial charge in [-0.25, -0.2) is 0 Å². The molecule has 2 unspecified atom stereocenters. The second-order valence-electron chi connectivity index (χ2n) is 6.36. The van der Waals surface area contributed by atoms with E-state index in [1.165, 1.54) is 45.2 Å². The van der Waals surface area contributed by atoms with Crippen molar-refractivity contribution in [2.75, 3.05) is 13.1 Å². The van der Waals surface area contributed by atoms with Crippen LogP contribution < -0.4 is 5.32 Å². The molecule has 0 bridgehead atoms. The summed E-state index contributed by atoms with van der Waals surface area (Å²) in [5.41, 5.74) is 0. The molecule has 1 heteroatoms. The van der Waals surface area contributed by atoms with Gasteiger partial charge in [0.15, 0.2) is 0 Å². The van der Waals surface area contributed by atoms with Crippen LogP contribution in [0.3, 0.4) is 0 Å². The molecule has 1 nitrogen and oxygen atoms in total. The number of hydrogen-bond acceptors (Lipinski definition) is 1. The number of rotatable bonds is 5. The molecule has 0 aromatic rings. The zero-order chi connectivity index (χ0) is 12.0. The van der Waals surface area contributed by atoms with Crippen LogP contribution >= 0.6 is 0 Å². The molecule has 0 aliphatic heterocycles. The van der Waals surface area contributed by atoms with Crippen molar-refractivity contribution in [1.29, 1.82) is 0 Å². The molecule has 0 heterocycles. The summed E-state index contributed by atoms with van der Waals surface area (Å²) in [4.78, 5) is 0. The molecule has 1 rings (SSSR count). The van der Waals surface area contributed by atoms with E-state index in [-0.39, 0.29) is 0 Å². The van der Waals surface area contributed by atoms with Crippen molar-refractivity contribution in [2.45, 2.75) is 59.8 Å². The summed E-state index contributed by atoms with van der Waals surface area (Å²) < 4.78 is 0. The predicted octanol–water partition coefficient (Wildman–Crippen LogP) is 4.08. The molecule has 2 atom stereocenters. The second kappa shape index (κ2) is 7.32. The lowest BCUT2D eigenvalue weighted by Gasteiger charge is -2.29. The highest BCUT2D eigenvalue weighted by molar-refractivity contribution is 4.78. The van der Waals surface area contributed by atoms with Gasteiger partial charge >= 0.3 is 0 Å². The van der Waals surface area contributed by atoms with Gasteiger partial charge in [0.05, 0.1) is 0 Å². The van der Waals surface area contributed by atoms with Crippen molar-refractivity contribution in [3.63, 3.8) is 0 Å². The van der Waals surface area contributed by atoms with Crippen LogP contribution in [-0.4, -0.2) is 13.1 Å². The average molecular weight is 225 g/mol. The lowest BCUT2D eigenvalue weighted by atomic mass is 9.80. The lowest BCUT2D eigenvalue weighted by molar-refractivity contribution is 0.229. The molecule has 1 aliphatic carbocycles. The summed E-state index contributed by atoms with van der Waals surface area (Å²) in [6.07, 6.45) is 7.30. The van der Waals surface area contributed by atoms with Crippen LogP contribution in [0, 0.1) is 23.7 Å². The summed E-state index contributed by atoms with van der Waals surface area (Å²) in [6.45, 7) is 11.8. The standard InChI is InChI=1S/C15H31N/c1-12(2)10-16-11-14-8-6-5-7-9-15(14)13(3)4/h12-16H,5-11H2,1-4H3. The summed E-state index contributed by atoms with van der Waals surface area (Å²) in [7, 11) is 0. The summed E-state index contributed by atoms with van der Waals surface area (Å²) in [5.74, 6) is 3.54. The molecule has 1 saturated carbocycles. The van der Waals surface area contributed by atoms with Gasteiger partial charge in [-0.05, 0) is 49.6 Å². The van der Waals surface area contributed by atoms with E-state index >= 15 is 0 Å². The zero-order valence-corrected chi connectivity index (χ0v) is 11.8. The van der Waals surface area contributed by atoms with Crippen molar-refractivity contribution in [3.05, 3.63) is 0 Å². The third-order valence-corrected chi connectivity index (χ3v) is 4.03. The molecular formula is C15H31N. The third-order valence-electron chi connectivity index (χ3n) is 4.03. The fourth-order valence-electron chi connectivity index (χ4n) is 3.10. The molecule has 0 spiro atoms. The zero-order valence-electron chi connectivity index (χ0n) is 11.8. The maximum atomic E-state index is 3.67. The van der Waals surface area contributed by atoms with Crippen LogP contribution in [0.5, 0.6) is 0 Å². The van der Waals surface area contributed by atoms with Crippen molar-refractivity contribution < 1.29 is 0 Å². The van der Waals surface area contributed by atoms with Gasteiger partial charge in [0.25, 0.3) is 0 Å². The van der Waals surface area contributed by atoms with Crippen LogP contribution in [0.2, 0.25) is 0 Å². The van der Waals surface area contributed by atoms with Gasteiger partial charge in [0.2, 0.25) is 0 Å². The SMILES string of the molecule is CC(C)CNCC1CCCCCC1C(C)C. The van der Waals surface area contributed by atoms with Gasteiger partial charge in [0.1, 0.15) is 0 Å². The lowest BCUT2D eigenvalue weighted by Crippen LogP contribution is -2.32. The maximum Gasteiger partial charge on any atom is -0.00177 e. The minimum absolute atomic E-state index is 0.781. The largest absolute Gasteiger partial charge is 0.316 e. The van der Waals surface area contributed by atoms with Crippen molar-refractivity contribution in [3.8, 4) is 0 Å². The Balaban J connectivity index is 2.38. The molecule has 1 aliphatic rings. The molecule has 0 aromatic carbocycles. The highest BCUT2D eigenvalue weighted by atomic mass is 14.9. The maximum absolute atomic E-state index is 3.67. The van der Waals surface area contributed by atoms with Gasteiger partial charge in [-0.1, -0.05) is 47.0 Å². The molecule has 1 N–H and O–H groups in total. The molecule has 0 saturated heterocycles. The monoisotopic (exact) mass is 225 g/mol. The Hall–Kier alpha value is -0.0400. The molecule has 1 fully saturated rings. The Labute approximate surface area is 102 Å². The van der Waals surface area contributed by atoms with E-state index in [1.807, 2.05) is 0 Å². The van der Waals surface area contributed by atoms with Crippen molar-refractivity contribution in [1.82, 2.24) is 5.32 Å². The first kappa shape index (κ1) is 14.0. The minimum atomic E-state index is 0.781. The first-order valence-corrected chi connectivity index (χ1v) is 7.32. The Morgan fingerprint density at radius 1 is 1.00 bits per heavy atom. The first-order chi connectivity index (χ1) is 7.61. The normalized spacial score (nSPS) is 27.4. The summed E-state index contributed by atoms with van der Waals surface area (Å²) in [5, 5.41) is 3.67. The van der Waals surface area contributed by atoms with Crippen LogP contribution in [-0.2, 0) is 0 Å². The molecule has 0 radical (unpaired) electrons. The topological polar surface area (TPSA) is 12.0 Å². The van der Waals surface area contributed by atoms with Gasteiger partial charge in [0, 0.05) is 0 Å². The Kier molecular flexibility index (Phi) is 6.41. The van der Waals surface area contributed by atoms with Gasteiger partial charge in [-0.15, -0.1) is 0 Å². The van der Waals surface area contributed by atoms with Crippen LogP contribution in [0.4, 0.5) is 0 Å². The minimum Gasteiger partial charge on any atom is -0.316 e. The van der Waals surface area contributed by atoms with Crippen molar-refractivity contribution in [2.24, 2.45) is 23.7 Å². The highest BCUT2D eigenvalue weighted by Gasteiger charge is 2.25. The van der Waals surface area contributed by atoms with Gasteiger partial charge in [-0.2, -0.15) is 0 Å². The first-order valence-electron chi connectivity index (χ1n) is 7.32. The van der Waals surface area contributed by atoms with Gasteiger partial charge in [-0.3, -0.25) is 0 Å². The second-order valence-corrected chi connectivity index (χ2v) is 6.36. The summed E-state index contributed by atoms with van der Waals surface area (Å²) >= 11 is 0. The molecule has 96 valence electrons. The fraction of sp³-hybridized carbons (Fsp3) is 1.00. The Bertz CT molecular complexity index is 174. The van der Waals surface area contributed by atoms with Crippen molar-refractivity contribution >= 4 is 0 Å². The molecule has 0 amide bonds. The number of hydrogen-bond donors (Lipinski definition) is 1. The van der Waals surface area contributed by atoms with E-state index < -0.39 is 0 Å². The van der Waals surface area contributed by atoms with Crippen LogP contribution in [0.25, 0.3) is 0 Å². The van der Waals surface area contributed by atoms with E-state index in [0.717, 1.165) is 23.7 Å². The smallest absolute Gasteiger partial charge is 0.00177 e. The quantitative estimate of drug-likeness (QED) is 0.695. The average Bonchev–Trinajstić information content (AvgIpc) is 2.42. The Morgan fingerprint density at radius 3 is 2.31 bits per heavy atom. The third kappa shape index (κ3) is 4.86. The van der Waals surface area contributed by atoms with E-state index in [0.29, 0.717) is 0 Å². The van der Waals surface area contributed by atoms with Gasteiger partial charge < -0.3 is 5.32 Å². The van der Waals surface area contributed by atoms with Crippen LogP contribution in [0.1, 0.15) is 59.8 Å². The molecular weight excluding hydrogens is 194 g/mol. The van der Waals surface area contributed by atoms with E-state index in [1.54, 1.807) is 0 Å². The highest BCUT2D eigenvalue weighted by Crippen LogP contribution is 2.33.